The molecule has 0 radical (unpaired) electrons. The third-order valence-electron chi connectivity index (χ3n) is 4.59. The smallest absolute Gasteiger partial charge is 0.251 e. The first kappa shape index (κ1) is 13.7. The van der Waals surface area contributed by atoms with E-state index in [0.29, 0.717) is 16.5 Å². The van der Waals surface area contributed by atoms with Gasteiger partial charge in [-0.3, -0.25) is 4.79 Å². The quantitative estimate of drug-likeness (QED) is 0.775. The van der Waals surface area contributed by atoms with Crippen molar-refractivity contribution < 1.29 is 4.79 Å². The lowest BCUT2D eigenvalue weighted by Crippen LogP contribution is -2.31. The highest BCUT2D eigenvalue weighted by molar-refractivity contribution is 14.1. The van der Waals surface area contributed by atoms with Gasteiger partial charge in [0.1, 0.15) is 0 Å². The molecular formula is C15H17ClINO. The van der Waals surface area contributed by atoms with Crippen LogP contribution in [0, 0.1) is 21.3 Å². The fraction of sp³-hybridized carbons (Fsp3) is 0.533. The number of hydrogen-bond acceptors (Lipinski definition) is 1. The first-order valence-electron chi connectivity index (χ1n) is 6.86. The third-order valence-corrected chi connectivity index (χ3v) is 6.16. The topological polar surface area (TPSA) is 29.1 Å². The largest absolute Gasteiger partial charge is 0.352 e. The Morgan fingerprint density at radius 1 is 1.37 bits per heavy atom. The number of fused-ring (bicyclic) bond motifs is 2. The van der Waals surface area contributed by atoms with E-state index in [2.05, 4.69) is 27.9 Å². The van der Waals surface area contributed by atoms with Crippen LogP contribution in [0.5, 0.6) is 0 Å². The molecule has 1 aromatic carbocycles. The highest BCUT2D eigenvalue weighted by Crippen LogP contribution is 2.47. The molecule has 0 heterocycles. The summed E-state index contributed by atoms with van der Waals surface area (Å²) in [5.74, 6) is 2.48. The summed E-state index contributed by atoms with van der Waals surface area (Å²) in [6, 6.07) is 5.47. The zero-order chi connectivity index (χ0) is 13.4. The Balaban J connectivity index is 1.57. The van der Waals surface area contributed by atoms with Crippen LogP contribution >= 0.6 is 34.2 Å². The first-order chi connectivity index (χ1) is 9.13. The highest BCUT2D eigenvalue weighted by Gasteiger charge is 2.39. The monoisotopic (exact) mass is 389 g/mol. The van der Waals surface area contributed by atoms with Crippen molar-refractivity contribution in [1.29, 1.82) is 0 Å². The second-order valence-electron chi connectivity index (χ2n) is 5.77. The molecule has 4 heteroatoms. The van der Waals surface area contributed by atoms with E-state index in [1.54, 1.807) is 6.07 Å². The van der Waals surface area contributed by atoms with Crippen LogP contribution in [0.4, 0.5) is 0 Å². The minimum atomic E-state index is 0.000994. The molecule has 2 saturated carbocycles. The standard InChI is InChI=1S/C15H17ClINO/c16-13-7-11(3-4-14(13)17)15(19)18-8-12-6-9-1-2-10(12)5-9/h3-4,7,9-10,12H,1-2,5-6,8H2,(H,18,19). The van der Waals surface area contributed by atoms with Gasteiger partial charge in [-0.2, -0.15) is 0 Å². The lowest BCUT2D eigenvalue weighted by Gasteiger charge is -2.21. The zero-order valence-corrected chi connectivity index (χ0v) is 13.6. The van der Waals surface area contributed by atoms with Crippen LogP contribution in [-0.4, -0.2) is 12.5 Å². The summed E-state index contributed by atoms with van der Waals surface area (Å²) in [5.41, 5.74) is 0.661. The molecule has 1 amide bonds. The highest BCUT2D eigenvalue weighted by atomic mass is 127. The lowest BCUT2D eigenvalue weighted by atomic mass is 9.89. The van der Waals surface area contributed by atoms with Gasteiger partial charge in [-0.1, -0.05) is 18.0 Å². The van der Waals surface area contributed by atoms with E-state index in [0.717, 1.165) is 22.0 Å². The molecule has 2 aliphatic carbocycles. The van der Waals surface area contributed by atoms with Crippen LogP contribution in [0.1, 0.15) is 36.0 Å². The summed E-state index contributed by atoms with van der Waals surface area (Å²) in [6.07, 6.45) is 5.46. The number of carbonyl (C=O) groups excluding carboxylic acids is 1. The van der Waals surface area contributed by atoms with Crippen LogP contribution in [-0.2, 0) is 0 Å². The Hall–Kier alpha value is -0.290. The molecule has 102 valence electrons. The molecule has 19 heavy (non-hydrogen) atoms. The summed E-state index contributed by atoms with van der Waals surface area (Å²) in [6.45, 7) is 0.823. The van der Waals surface area contributed by atoms with Crippen molar-refractivity contribution >= 4 is 40.1 Å². The van der Waals surface area contributed by atoms with Crippen LogP contribution in [0.3, 0.4) is 0 Å². The second kappa shape index (κ2) is 5.60. The first-order valence-corrected chi connectivity index (χ1v) is 8.32. The number of nitrogens with one attached hydrogen (secondary N) is 1. The maximum absolute atomic E-state index is 12.1. The van der Waals surface area contributed by atoms with Gasteiger partial charge in [0.05, 0.1) is 5.02 Å². The molecule has 3 rings (SSSR count). The van der Waals surface area contributed by atoms with Crippen molar-refractivity contribution in [2.45, 2.75) is 25.7 Å². The van der Waals surface area contributed by atoms with Crippen molar-refractivity contribution in [3.63, 3.8) is 0 Å². The SMILES string of the molecule is O=C(NCC1CC2CCC1C2)c1ccc(I)c(Cl)c1. The minimum absolute atomic E-state index is 0.000994. The van der Waals surface area contributed by atoms with Gasteiger partial charge < -0.3 is 5.32 Å². The molecule has 0 aliphatic heterocycles. The summed E-state index contributed by atoms with van der Waals surface area (Å²) in [7, 11) is 0. The lowest BCUT2D eigenvalue weighted by molar-refractivity contribution is 0.0941. The molecule has 3 unspecified atom stereocenters. The molecule has 1 N–H and O–H groups in total. The van der Waals surface area contributed by atoms with E-state index in [-0.39, 0.29) is 5.91 Å². The van der Waals surface area contributed by atoms with E-state index in [1.807, 2.05) is 12.1 Å². The Labute approximate surface area is 132 Å². The number of benzene rings is 1. The molecule has 2 aliphatic rings. The minimum Gasteiger partial charge on any atom is -0.352 e. The fourth-order valence-corrected chi connectivity index (χ4v) is 4.11. The average molecular weight is 390 g/mol. The fourth-order valence-electron chi connectivity index (χ4n) is 3.59. The van der Waals surface area contributed by atoms with E-state index in [9.17, 15) is 4.79 Å². The Bertz CT molecular complexity index is 505. The number of carbonyl (C=O) groups is 1. The molecule has 2 bridgehead atoms. The number of hydrogen-bond donors (Lipinski definition) is 1. The van der Waals surface area contributed by atoms with Crippen molar-refractivity contribution in [1.82, 2.24) is 5.32 Å². The molecule has 0 spiro atoms. The van der Waals surface area contributed by atoms with Crippen molar-refractivity contribution in [3.05, 3.63) is 32.4 Å². The zero-order valence-electron chi connectivity index (χ0n) is 10.7. The van der Waals surface area contributed by atoms with Gasteiger partial charge in [0.25, 0.3) is 5.91 Å². The van der Waals surface area contributed by atoms with Gasteiger partial charge in [0, 0.05) is 15.7 Å². The molecular weight excluding hydrogens is 373 g/mol. The van der Waals surface area contributed by atoms with Gasteiger partial charge in [0.2, 0.25) is 0 Å². The maximum Gasteiger partial charge on any atom is 0.251 e. The van der Waals surface area contributed by atoms with Gasteiger partial charge in [-0.15, -0.1) is 0 Å². The predicted molar refractivity (Wildman–Crippen MR) is 85.4 cm³/mol. The average Bonchev–Trinajstić information content (AvgIpc) is 3.01. The number of rotatable bonds is 3. The molecule has 0 aromatic heterocycles. The Kier molecular flexibility index (Phi) is 4.03. The maximum atomic E-state index is 12.1. The molecule has 0 saturated heterocycles. The van der Waals surface area contributed by atoms with E-state index in [1.165, 1.54) is 25.7 Å². The normalized spacial score (nSPS) is 28.6. The van der Waals surface area contributed by atoms with Crippen LogP contribution < -0.4 is 5.32 Å². The summed E-state index contributed by atoms with van der Waals surface area (Å²) < 4.78 is 0.976. The van der Waals surface area contributed by atoms with Crippen LogP contribution in [0.2, 0.25) is 5.02 Å². The third kappa shape index (κ3) is 2.92. The van der Waals surface area contributed by atoms with Crippen LogP contribution in [0.15, 0.2) is 18.2 Å². The van der Waals surface area contributed by atoms with Crippen LogP contribution in [0.25, 0.3) is 0 Å². The Morgan fingerprint density at radius 3 is 2.84 bits per heavy atom. The number of amides is 1. The van der Waals surface area contributed by atoms with E-state index >= 15 is 0 Å². The Morgan fingerprint density at radius 2 is 2.21 bits per heavy atom. The summed E-state index contributed by atoms with van der Waals surface area (Å²) >= 11 is 8.21. The van der Waals surface area contributed by atoms with Gasteiger partial charge in [-0.05, 0) is 77.8 Å². The van der Waals surface area contributed by atoms with E-state index in [4.69, 9.17) is 11.6 Å². The molecule has 1 aromatic rings. The second-order valence-corrected chi connectivity index (χ2v) is 7.34. The molecule has 2 fully saturated rings. The van der Waals surface area contributed by atoms with Gasteiger partial charge in [0.15, 0.2) is 0 Å². The molecule has 2 nitrogen and oxygen atoms in total. The van der Waals surface area contributed by atoms with Gasteiger partial charge in [-0.25, -0.2) is 0 Å². The van der Waals surface area contributed by atoms with E-state index < -0.39 is 0 Å². The predicted octanol–water partition coefficient (Wildman–Crippen LogP) is 4.11. The number of halogens is 2. The summed E-state index contributed by atoms with van der Waals surface area (Å²) in [4.78, 5) is 12.1. The van der Waals surface area contributed by atoms with Crippen molar-refractivity contribution in [2.24, 2.45) is 17.8 Å². The van der Waals surface area contributed by atoms with Gasteiger partial charge >= 0.3 is 0 Å². The summed E-state index contributed by atoms with van der Waals surface area (Å²) in [5, 5.41) is 3.72. The van der Waals surface area contributed by atoms with Crippen molar-refractivity contribution in [3.8, 4) is 0 Å². The van der Waals surface area contributed by atoms with Crippen molar-refractivity contribution in [2.75, 3.05) is 6.54 Å². The molecule has 3 atom stereocenters.